The van der Waals surface area contributed by atoms with Gasteiger partial charge in [0.05, 0.1) is 0 Å². The van der Waals surface area contributed by atoms with Crippen LogP contribution < -0.4 is 5.73 Å². The highest BCUT2D eigenvalue weighted by atomic mass is 15.2. The van der Waals surface area contributed by atoms with Crippen LogP contribution in [0.2, 0.25) is 0 Å². The first-order valence-electron chi connectivity index (χ1n) is 6.85. The van der Waals surface area contributed by atoms with Gasteiger partial charge in [-0.3, -0.25) is 4.90 Å². The summed E-state index contributed by atoms with van der Waals surface area (Å²) in [6, 6.07) is 8.73. The molecule has 0 bridgehead atoms. The van der Waals surface area contributed by atoms with E-state index in [1.807, 2.05) is 0 Å². The second kappa shape index (κ2) is 4.79. The molecule has 1 aromatic rings. The number of hydrogen-bond acceptors (Lipinski definition) is 2. The number of likely N-dealkylation sites (tertiary alicyclic amines) is 1. The lowest BCUT2D eigenvalue weighted by Gasteiger charge is -2.17. The van der Waals surface area contributed by atoms with E-state index in [9.17, 15) is 0 Å². The first-order valence-corrected chi connectivity index (χ1v) is 6.85. The lowest BCUT2D eigenvalue weighted by Crippen LogP contribution is -2.21. The molecule has 2 heteroatoms. The average molecular weight is 230 g/mol. The zero-order chi connectivity index (χ0) is 11.7. The fraction of sp³-hybridized carbons (Fsp3) is 0.600. The van der Waals surface area contributed by atoms with Crippen molar-refractivity contribution < 1.29 is 0 Å². The summed E-state index contributed by atoms with van der Waals surface area (Å²) in [6.45, 7) is 4.40. The summed E-state index contributed by atoms with van der Waals surface area (Å²) in [7, 11) is 0. The van der Waals surface area contributed by atoms with Crippen LogP contribution in [0, 0.1) is 11.8 Å². The van der Waals surface area contributed by atoms with Crippen LogP contribution in [-0.4, -0.2) is 18.0 Å². The molecule has 1 aromatic carbocycles. The van der Waals surface area contributed by atoms with Gasteiger partial charge in [-0.2, -0.15) is 0 Å². The number of rotatable bonds is 3. The number of benzene rings is 1. The van der Waals surface area contributed by atoms with Gasteiger partial charge in [0.2, 0.25) is 0 Å². The van der Waals surface area contributed by atoms with E-state index in [-0.39, 0.29) is 0 Å². The van der Waals surface area contributed by atoms with Gasteiger partial charge < -0.3 is 5.73 Å². The van der Waals surface area contributed by atoms with Crippen LogP contribution in [0.4, 0.5) is 0 Å². The Morgan fingerprint density at radius 1 is 1.12 bits per heavy atom. The third-order valence-corrected chi connectivity index (χ3v) is 4.44. The number of fused-ring (bicyclic) bond motifs is 1. The molecule has 1 aliphatic carbocycles. The van der Waals surface area contributed by atoms with Crippen molar-refractivity contribution in [3.63, 3.8) is 0 Å². The molecule has 2 aliphatic rings. The minimum absolute atomic E-state index is 0.652. The van der Waals surface area contributed by atoms with Gasteiger partial charge in [-0.05, 0) is 35.8 Å². The largest absolute Gasteiger partial charge is 0.326 e. The van der Waals surface area contributed by atoms with Crippen molar-refractivity contribution in [2.24, 2.45) is 17.6 Å². The maximum absolute atomic E-state index is 5.69. The molecule has 3 rings (SSSR count). The van der Waals surface area contributed by atoms with Crippen LogP contribution in [-0.2, 0) is 13.1 Å². The molecule has 2 fully saturated rings. The topological polar surface area (TPSA) is 29.3 Å². The second-order valence-corrected chi connectivity index (χ2v) is 5.67. The molecule has 1 saturated heterocycles. The van der Waals surface area contributed by atoms with E-state index in [0.717, 1.165) is 18.4 Å². The Labute approximate surface area is 104 Å². The third-order valence-electron chi connectivity index (χ3n) is 4.44. The highest BCUT2D eigenvalue weighted by molar-refractivity contribution is 5.23. The molecule has 17 heavy (non-hydrogen) atoms. The molecule has 92 valence electrons. The van der Waals surface area contributed by atoms with Crippen LogP contribution in [0.3, 0.4) is 0 Å². The van der Waals surface area contributed by atoms with Gasteiger partial charge >= 0.3 is 0 Å². The number of hydrogen-bond donors (Lipinski definition) is 1. The van der Waals surface area contributed by atoms with Gasteiger partial charge in [0.15, 0.2) is 0 Å². The van der Waals surface area contributed by atoms with Crippen molar-refractivity contribution >= 4 is 0 Å². The SMILES string of the molecule is NCc1cccc(CN2CC3CCCC3C2)c1. The molecule has 2 atom stereocenters. The quantitative estimate of drug-likeness (QED) is 0.864. The normalized spacial score (nSPS) is 28.5. The van der Waals surface area contributed by atoms with Crippen LogP contribution in [0.15, 0.2) is 24.3 Å². The van der Waals surface area contributed by atoms with Gasteiger partial charge in [-0.1, -0.05) is 30.7 Å². The van der Waals surface area contributed by atoms with E-state index in [4.69, 9.17) is 5.73 Å². The van der Waals surface area contributed by atoms with Crippen LogP contribution in [0.5, 0.6) is 0 Å². The molecule has 2 unspecified atom stereocenters. The standard InChI is InChI=1S/C15H22N2/c16-8-12-3-1-4-13(7-12)9-17-10-14-5-2-6-15(14)11-17/h1,3-4,7,14-15H,2,5-6,8-11,16H2. The van der Waals surface area contributed by atoms with Gasteiger partial charge in [0.25, 0.3) is 0 Å². The predicted molar refractivity (Wildman–Crippen MR) is 70.4 cm³/mol. The molecular weight excluding hydrogens is 208 g/mol. The molecule has 0 amide bonds. The monoisotopic (exact) mass is 230 g/mol. The average Bonchev–Trinajstić information content (AvgIpc) is 2.90. The summed E-state index contributed by atoms with van der Waals surface area (Å²) in [5.74, 6) is 1.99. The molecular formula is C15H22N2. The Hall–Kier alpha value is -0.860. The number of nitrogens with two attached hydrogens (primary N) is 1. The van der Waals surface area contributed by atoms with Gasteiger partial charge in [0.1, 0.15) is 0 Å². The van der Waals surface area contributed by atoms with E-state index >= 15 is 0 Å². The summed E-state index contributed by atoms with van der Waals surface area (Å²) in [5.41, 5.74) is 8.36. The molecule has 1 saturated carbocycles. The zero-order valence-corrected chi connectivity index (χ0v) is 10.4. The van der Waals surface area contributed by atoms with E-state index in [1.54, 1.807) is 0 Å². The minimum atomic E-state index is 0.652. The first kappa shape index (κ1) is 11.2. The molecule has 1 heterocycles. The first-order chi connectivity index (χ1) is 8.35. The molecule has 0 aromatic heterocycles. The summed E-state index contributed by atoms with van der Waals surface area (Å²) < 4.78 is 0. The Morgan fingerprint density at radius 2 is 1.82 bits per heavy atom. The maximum atomic E-state index is 5.69. The molecule has 0 radical (unpaired) electrons. The van der Waals surface area contributed by atoms with Crippen LogP contribution in [0.1, 0.15) is 30.4 Å². The summed E-state index contributed by atoms with van der Waals surface area (Å²) in [5, 5.41) is 0. The van der Waals surface area contributed by atoms with Crippen LogP contribution in [0.25, 0.3) is 0 Å². The molecule has 2 N–H and O–H groups in total. The second-order valence-electron chi connectivity index (χ2n) is 5.67. The Balaban J connectivity index is 1.63. The molecule has 1 aliphatic heterocycles. The van der Waals surface area contributed by atoms with Gasteiger partial charge in [-0.25, -0.2) is 0 Å². The van der Waals surface area contributed by atoms with Crippen molar-refractivity contribution in [3.05, 3.63) is 35.4 Å². The van der Waals surface area contributed by atoms with Crippen molar-refractivity contribution in [2.75, 3.05) is 13.1 Å². The fourth-order valence-electron chi connectivity index (χ4n) is 3.57. The maximum Gasteiger partial charge on any atom is 0.0234 e. The van der Waals surface area contributed by atoms with Crippen molar-refractivity contribution in [2.45, 2.75) is 32.4 Å². The molecule has 0 spiro atoms. The van der Waals surface area contributed by atoms with Gasteiger partial charge in [0, 0.05) is 26.2 Å². The minimum Gasteiger partial charge on any atom is -0.326 e. The zero-order valence-electron chi connectivity index (χ0n) is 10.4. The Bertz CT molecular complexity index is 376. The van der Waals surface area contributed by atoms with E-state index in [2.05, 4.69) is 29.2 Å². The van der Waals surface area contributed by atoms with E-state index in [1.165, 1.54) is 43.5 Å². The lowest BCUT2D eigenvalue weighted by atomic mass is 10.0. The van der Waals surface area contributed by atoms with Crippen LogP contribution >= 0.6 is 0 Å². The number of nitrogens with zero attached hydrogens (tertiary/aromatic N) is 1. The summed E-state index contributed by atoms with van der Waals surface area (Å²) in [4.78, 5) is 2.63. The smallest absolute Gasteiger partial charge is 0.0234 e. The van der Waals surface area contributed by atoms with Crippen molar-refractivity contribution in [3.8, 4) is 0 Å². The fourth-order valence-corrected chi connectivity index (χ4v) is 3.57. The summed E-state index contributed by atoms with van der Waals surface area (Å²) in [6.07, 6.45) is 4.39. The Morgan fingerprint density at radius 3 is 2.53 bits per heavy atom. The van der Waals surface area contributed by atoms with Crippen molar-refractivity contribution in [1.82, 2.24) is 4.90 Å². The lowest BCUT2D eigenvalue weighted by molar-refractivity contribution is 0.303. The molecule has 2 nitrogen and oxygen atoms in total. The van der Waals surface area contributed by atoms with E-state index in [0.29, 0.717) is 6.54 Å². The van der Waals surface area contributed by atoms with Crippen molar-refractivity contribution in [1.29, 1.82) is 0 Å². The van der Waals surface area contributed by atoms with E-state index < -0.39 is 0 Å². The summed E-state index contributed by atoms with van der Waals surface area (Å²) >= 11 is 0. The third kappa shape index (κ3) is 2.38. The highest BCUT2D eigenvalue weighted by Crippen LogP contribution is 2.38. The predicted octanol–water partition coefficient (Wildman–Crippen LogP) is 2.38. The Kier molecular flexibility index (Phi) is 3.17. The van der Waals surface area contributed by atoms with Gasteiger partial charge in [-0.15, -0.1) is 0 Å². The highest BCUT2D eigenvalue weighted by Gasteiger charge is 2.35.